The van der Waals surface area contributed by atoms with Crippen molar-refractivity contribution in [2.75, 3.05) is 26.5 Å². The van der Waals surface area contributed by atoms with Crippen LogP contribution in [0.3, 0.4) is 0 Å². The molecule has 116 valence electrons. The van der Waals surface area contributed by atoms with E-state index in [1.54, 1.807) is 0 Å². The average molecular weight is 309 g/mol. The molecule has 0 saturated heterocycles. The molecule has 0 rings (SSSR count). The Morgan fingerprint density at radius 3 is 2.20 bits per heavy atom. The van der Waals surface area contributed by atoms with E-state index < -0.39 is 36.9 Å². The predicted octanol–water partition coefficient (Wildman–Crippen LogP) is -0.112. The van der Waals surface area contributed by atoms with Crippen molar-refractivity contribution in [3.8, 4) is 0 Å². The molecule has 2 N–H and O–H groups in total. The number of ether oxygens (including phenoxy) is 2. The summed E-state index contributed by atoms with van der Waals surface area (Å²) in [5, 5.41) is 2.30. The van der Waals surface area contributed by atoms with Crippen molar-refractivity contribution in [2.45, 2.75) is 25.8 Å². The Morgan fingerprint density at radius 2 is 1.80 bits per heavy atom. The van der Waals surface area contributed by atoms with Gasteiger partial charge in [-0.25, -0.2) is 4.79 Å². The first-order chi connectivity index (χ1) is 9.06. The SMILES string of the molecule is COC(=O)CCP(=O)(O)CC(C)(NC(C)=O)C(=O)OC. The van der Waals surface area contributed by atoms with Crippen LogP contribution in [0.1, 0.15) is 20.3 Å². The maximum absolute atomic E-state index is 12.0. The maximum atomic E-state index is 12.0. The van der Waals surface area contributed by atoms with Crippen LogP contribution >= 0.6 is 7.37 Å². The molecule has 0 saturated carbocycles. The van der Waals surface area contributed by atoms with Crippen molar-refractivity contribution < 1.29 is 33.3 Å². The van der Waals surface area contributed by atoms with E-state index in [9.17, 15) is 23.8 Å². The first kappa shape index (κ1) is 18.6. The van der Waals surface area contributed by atoms with Gasteiger partial charge >= 0.3 is 11.9 Å². The molecule has 2 unspecified atom stereocenters. The topological polar surface area (TPSA) is 119 Å². The van der Waals surface area contributed by atoms with Crippen LogP contribution in [0.2, 0.25) is 0 Å². The normalized spacial score (nSPS) is 16.4. The lowest BCUT2D eigenvalue weighted by molar-refractivity contribution is -0.149. The summed E-state index contributed by atoms with van der Waals surface area (Å²) in [6.07, 6.45) is -1.11. The van der Waals surface area contributed by atoms with Gasteiger partial charge in [0.15, 0.2) is 0 Å². The van der Waals surface area contributed by atoms with Gasteiger partial charge in [0.2, 0.25) is 13.3 Å². The summed E-state index contributed by atoms with van der Waals surface area (Å²) in [6, 6.07) is 0. The molecular formula is C11H20NO7P. The Kier molecular flexibility index (Phi) is 6.88. The van der Waals surface area contributed by atoms with E-state index in [0.717, 1.165) is 7.11 Å². The van der Waals surface area contributed by atoms with Crippen molar-refractivity contribution in [2.24, 2.45) is 0 Å². The molecule has 0 aromatic rings. The van der Waals surface area contributed by atoms with E-state index in [1.165, 1.54) is 21.0 Å². The number of methoxy groups -OCH3 is 2. The lowest BCUT2D eigenvalue weighted by atomic mass is 10.1. The van der Waals surface area contributed by atoms with Gasteiger partial charge in [-0.05, 0) is 6.92 Å². The quantitative estimate of drug-likeness (QED) is 0.497. The molecule has 0 bridgehead atoms. The molecule has 9 heteroatoms. The molecule has 1 amide bonds. The zero-order valence-corrected chi connectivity index (χ0v) is 12.9. The average Bonchev–Trinajstić information content (AvgIpc) is 2.33. The number of nitrogens with one attached hydrogen (secondary N) is 1. The van der Waals surface area contributed by atoms with Gasteiger partial charge in [0.1, 0.15) is 5.54 Å². The minimum absolute atomic E-state index is 0.248. The fourth-order valence-electron chi connectivity index (χ4n) is 1.71. The summed E-state index contributed by atoms with van der Waals surface area (Å²) in [7, 11) is -1.54. The lowest BCUT2D eigenvalue weighted by Gasteiger charge is -2.29. The third-order valence-electron chi connectivity index (χ3n) is 2.54. The minimum atomic E-state index is -3.82. The highest BCUT2D eigenvalue weighted by Gasteiger charge is 2.41. The Hall–Kier alpha value is -1.40. The monoisotopic (exact) mass is 309 g/mol. The second kappa shape index (κ2) is 7.40. The Morgan fingerprint density at radius 1 is 1.25 bits per heavy atom. The number of esters is 2. The Bertz CT molecular complexity index is 436. The third-order valence-corrected chi connectivity index (χ3v) is 4.59. The summed E-state index contributed by atoms with van der Waals surface area (Å²) in [4.78, 5) is 43.6. The second-order valence-corrected chi connectivity index (χ2v) is 7.02. The molecule has 0 spiro atoms. The van der Waals surface area contributed by atoms with Gasteiger partial charge in [-0.1, -0.05) is 0 Å². The zero-order valence-electron chi connectivity index (χ0n) is 12.0. The van der Waals surface area contributed by atoms with Gasteiger partial charge < -0.3 is 19.7 Å². The molecule has 2 atom stereocenters. The maximum Gasteiger partial charge on any atom is 0.331 e. The van der Waals surface area contributed by atoms with Crippen LogP contribution in [-0.4, -0.2) is 54.8 Å². The smallest absolute Gasteiger partial charge is 0.331 e. The number of hydrogen-bond acceptors (Lipinski definition) is 6. The Labute approximate surface area is 117 Å². The molecule has 0 aliphatic heterocycles. The van der Waals surface area contributed by atoms with Crippen LogP contribution in [-0.2, 0) is 28.4 Å². The molecular weight excluding hydrogens is 289 g/mol. The molecule has 0 heterocycles. The summed E-state index contributed by atoms with van der Waals surface area (Å²) >= 11 is 0. The first-order valence-corrected chi connectivity index (χ1v) is 7.84. The van der Waals surface area contributed by atoms with Gasteiger partial charge in [0, 0.05) is 13.1 Å². The number of rotatable bonds is 7. The summed E-state index contributed by atoms with van der Waals surface area (Å²) < 4.78 is 20.9. The molecule has 0 fully saturated rings. The minimum Gasteiger partial charge on any atom is -0.469 e. The third kappa shape index (κ3) is 6.16. The molecule has 0 aromatic heterocycles. The highest BCUT2D eigenvalue weighted by molar-refractivity contribution is 7.58. The number of carbonyl (C=O) groups excluding carboxylic acids is 3. The number of hydrogen-bond donors (Lipinski definition) is 2. The van der Waals surface area contributed by atoms with E-state index in [0.29, 0.717) is 0 Å². The highest BCUT2D eigenvalue weighted by atomic mass is 31.2. The summed E-state index contributed by atoms with van der Waals surface area (Å²) in [5.74, 6) is -2.00. The van der Waals surface area contributed by atoms with Gasteiger partial charge in [0.05, 0.1) is 26.8 Å². The largest absolute Gasteiger partial charge is 0.469 e. The second-order valence-electron chi connectivity index (χ2n) is 4.56. The first-order valence-electron chi connectivity index (χ1n) is 5.81. The zero-order chi connectivity index (χ0) is 16.0. The molecule has 8 nitrogen and oxygen atoms in total. The van der Waals surface area contributed by atoms with E-state index >= 15 is 0 Å². The summed E-state index contributed by atoms with van der Waals surface area (Å²) in [6.45, 7) is 2.47. The van der Waals surface area contributed by atoms with Gasteiger partial charge in [0.25, 0.3) is 0 Å². The van der Waals surface area contributed by atoms with Crippen LogP contribution in [0, 0.1) is 0 Å². The number of amides is 1. The van der Waals surface area contributed by atoms with Crippen LogP contribution in [0.15, 0.2) is 0 Å². The standard InChI is InChI=1S/C11H20NO7P/c1-8(13)12-11(2,10(15)19-4)7-20(16,17)6-5-9(14)18-3/h5-7H2,1-4H3,(H,12,13)(H,16,17). The van der Waals surface area contributed by atoms with Gasteiger partial charge in [-0.2, -0.15) is 0 Å². The fraction of sp³-hybridized carbons (Fsp3) is 0.727. The van der Waals surface area contributed by atoms with Crippen LogP contribution in [0.5, 0.6) is 0 Å². The molecule has 0 aliphatic carbocycles. The molecule has 0 aromatic carbocycles. The van der Waals surface area contributed by atoms with Crippen molar-refractivity contribution >= 4 is 25.2 Å². The lowest BCUT2D eigenvalue weighted by Crippen LogP contribution is -2.54. The fourth-order valence-corrected chi connectivity index (χ4v) is 3.60. The van der Waals surface area contributed by atoms with Gasteiger partial charge in [-0.3, -0.25) is 14.2 Å². The molecule has 0 aliphatic rings. The van der Waals surface area contributed by atoms with E-state index in [-0.39, 0.29) is 12.6 Å². The summed E-state index contributed by atoms with van der Waals surface area (Å²) in [5.41, 5.74) is -1.62. The van der Waals surface area contributed by atoms with E-state index in [1.807, 2.05) is 0 Å². The van der Waals surface area contributed by atoms with Crippen LogP contribution < -0.4 is 5.32 Å². The van der Waals surface area contributed by atoms with Crippen molar-refractivity contribution in [1.82, 2.24) is 5.32 Å². The van der Waals surface area contributed by atoms with E-state index in [2.05, 4.69) is 14.8 Å². The highest BCUT2D eigenvalue weighted by Crippen LogP contribution is 2.44. The van der Waals surface area contributed by atoms with Crippen LogP contribution in [0.25, 0.3) is 0 Å². The van der Waals surface area contributed by atoms with Crippen molar-refractivity contribution in [3.63, 3.8) is 0 Å². The van der Waals surface area contributed by atoms with E-state index in [4.69, 9.17) is 0 Å². The number of carbonyl (C=O) groups is 3. The molecule has 20 heavy (non-hydrogen) atoms. The van der Waals surface area contributed by atoms with Crippen LogP contribution in [0.4, 0.5) is 0 Å². The van der Waals surface area contributed by atoms with Crippen molar-refractivity contribution in [3.05, 3.63) is 0 Å². The van der Waals surface area contributed by atoms with Crippen molar-refractivity contribution in [1.29, 1.82) is 0 Å². The Balaban J connectivity index is 4.96. The van der Waals surface area contributed by atoms with Gasteiger partial charge in [-0.15, -0.1) is 0 Å². The predicted molar refractivity (Wildman–Crippen MR) is 70.4 cm³/mol. The molecule has 0 radical (unpaired) electrons.